The number of benzene rings is 1. The van der Waals surface area contributed by atoms with E-state index in [1.807, 2.05) is 0 Å². The van der Waals surface area contributed by atoms with Gasteiger partial charge in [0, 0.05) is 5.56 Å². The van der Waals surface area contributed by atoms with Crippen molar-refractivity contribution in [3.8, 4) is 5.75 Å². The summed E-state index contributed by atoms with van der Waals surface area (Å²) in [7, 11) is 0. The lowest BCUT2D eigenvalue weighted by molar-refractivity contribution is 0.184. The smallest absolute Gasteiger partial charge is 0.410 e. The maximum atomic E-state index is 11.1. The molecule has 15 heavy (non-hydrogen) atoms. The van der Waals surface area contributed by atoms with Crippen molar-refractivity contribution in [3.63, 3.8) is 0 Å². The Kier molecular flexibility index (Phi) is 2.17. The van der Waals surface area contributed by atoms with Crippen LogP contribution in [0.3, 0.4) is 0 Å². The van der Waals surface area contributed by atoms with E-state index in [0.29, 0.717) is 11.3 Å². The van der Waals surface area contributed by atoms with Gasteiger partial charge in [0.2, 0.25) is 0 Å². The summed E-state index contributed by atoms with van der Waals surface area (Å²) in [5.74, 6) is 0.417. The number of para-hydroxylation sites is 1. The Morgan fingerprint density at radius 2 is 2.20 bits per heavy atom. The second kappa shape index (κ2) is 3.49. The molecule has 6 heteroatoms. The van der Waals surface area contributed by atoms with Gasteiger partial charge in [-0.15, -0.1) is 0 Å². The van der Waals surface area contributed by atoms with Gasteiger partial charge in [-0.05, 0) is 6.07 Å². The summed E-state index contributed by atoms with van der Waals surface area (Å²) >= 11 is 0. The summed E-state index contributed by atoms with van der Waals surface area (Å²) < 4.78 is 4.90. The lowest BCUT2D eigenvalue weighted by Crippen LogP contribution is -2.46. The van der Waals surface area contributed by atoms with Gasteiger partial charge in [0.1, 0.15) is 11.9 Å². The number of carbonyl (C=O) groups excluding carboxylic acids is 2. The molecule has 1 heterocycles. The van der Waals surface area contributed by atoms with Crippen molar-refractivity contribution in [2.75, 3.05) is 0 Å². The zero-order valence-corrected chi connectivity index (χ0v) is 7.69. The minimum absolute atomic E-state index is 0.417. The Balaban J connectivity index is 2.33. The molecule has 1 aliphatic heterocycles. The zero-order chi connectivity index (χ0) is 10.8. The summed E-state index contributed by atoms with van der Waals surface area (Å²) in [5.41, 5.74) is 5.65. The summed E-state index contributed by atoms with van der Waals surface area (Å²) in [5, 5.41) is 4.83. The van der Waals surface area contributed by atoms with E-state index >= 15 is 0 Å². The van der Waals surface area contributed by atoms with Gasteiger partial charge in [-0.25, -0.2) is 9.59 Å². The van der Waals surface area contributed by atoms with Crippen LogP contribution in [0.25, 0.3) is 0 Å². The first kappa shape index (κ1) is 9.32. The fourth-order valence-electron chi connectivity index (χ4n) is 1.39. The Bertz CT molecular complexity index is 419. The number of primary amides is 1. The molecule has 0 spiro atoms. The van der Waals surface area contributed by atoms with Gasteiger partial charge < -0.3 is 15.8 Å². The van der Waals surface area contributed by atoms with Gasteiger partial charge in [-0.1, -0.05) is 18.2 Å². The Labute approximate surface area is 85.4 Å². The molecule has 2 rings (SSSR count). The summed E-state index contributed by atoms with van der Waals surface area (Å²) in [6, 6.07) is 6.17. The molecule has 1 aromatic carbocycles. The number of hydrogen-bond acceptors (Lipinski definition) is 3. The third-order valence-electron chi connectivity index (χ3n) is 1.98. The van der Waals surface area contributed by atoms with Crippen molar-refractivity contribution in [3.05, 3.63) is 29.8 Å². The summed E-state index contributed by atoms with van der Waals surface area (Å²) in [4.78, 5) is 21.8. The third kappa shape index (κ3) is 1.83. The van der Waals surface area contributed by atoms with Gasteiger partial charge >= 0.3 is 12.1 Å². The second-order valence-electron chi connectivity index (χ2n) is 3.01. The molecule has 0 radical (unpaired) electrons. The van der Waals surface area contributed by atoms with Crippen LogP contribution in [0.4, 0.5) is 9.59 Å². The number of nitrogens with one attached hydrogen (secondary N) is 2. The number of urea groups is 1. The van der Waals surface area contributed by atoms with E-state index < -0.39 is 18.3 Å². The average Bonchev–Trinajstić information content (AvgIpc) is 2.16. The number of nitrogens with two attached hydrogens (primary N) is 1. The average molecular weight is 207 g/mol. The van der Waals surface area contributed by atoms with Crippen LogP contribution in [0.2, 0.25) is 0 Å². The van der Waals surface area contributed by atoms with E-state index in [1.165, 1.54) is 0 Å². The van der Waals surface area contributed by atoms with E-state index in [0.717, 1.165) is 0 Å². The standard InChI is InChI=1S/C9H9N3O3/c10-8(13)11-7-5-3-1-2-4-6(5)15-9(14)12-7/h1-4,7H,(H,12,14)(H3,10,11,13). The maximum absolute atomic E-state index is 11.1. The normalized spacial score (nSPS) is 18.4. The molecule has 1 aliphatic rings. The van der Waals surface area contributed by atoms with Gasteiger partial charge in [-0.2, -0.15) is 0 Å². The zero-order valence-electron chi connectivity index (χ0n) is 7.69. The number of fused-ring (bicyclic) bond motifs is 1. The molecular formula is C9H9N3O3. The molecule has 0 aromatic heterocycles. The molecule has 1 aromatic rings. The third-order valence-corrected chi connectivity index (χ3v) is 1.98. The highest BCUT2D eigenvalue weighted by molar-refractivity contribution is 5.77. The van der Waals surface area contributed by atoms with Gasteiger partial charge in [-0.3, -0.25) is 5.32 Å². The molecule has 3 amide bonds. The lowest BCUT2D eigenvalue weighted by Gasteiger charge is -2.25. The minimum Gasteiger partial charge on any atom is -0.410 e. The predicted octanol–water partition coefficient (Wildman–Crippen LogP) is 0.455. The fourth-order valence-corrected chi connectivity index (χ4v) is 1.39. The van der Waals surface area contributed by atoms with Crippen molar-refractivity contribution in [1.82, 2.24) is 10.6 Å². The van der Waals surface area contributed by atoms with E-state index in [9.17, 15) is 9.59 Å². The quantitative estimate of drug-likeness (QED) is 0.624. The van der Waals surface area contributed by atoms with Crippen LogP contribution < -0.4 is 21.1 Å². The van der Waals surface area contributed by atoms with Gasteiger partial charge in [0.05, 0.1) is 0 Å². The number of rotatable bonds is 1. The van der Waals surface area contributed by atoms with Crippen LogP contribution in [-0.2, 0) is 0 Å². The molecule has 78 valence electrons. The molecule has 6 nitrogen and oxygen atoms in total. The summed E-state index contributed by atoms with van der Waals surface area (Å²) in [6.07, 6.45) is -1.26. The Morgan fingerprint density at radius 3 is 2.93 bits per heavy atom. The van der Waals surface area contributed by atoms with Gasteiger partial charge in [0.15, 0.2) is 0 Å². The van der Waals surface area contributed by atoms with E-state index in [1.54, 1.807) is 24.3 Å². The van der Waals surface area contributed by atoms with E-state index in [-0.39, 0.29) is 0 Å². The monoisotopic (exact) mass is 207 g/mol. The van der Waals surface area contributed by atoms with Crippen molar-refractivity contribution in [2.24, 2.45) is 5.73 Å². The van der Waals surface area contributed by atoms with Crippen LogP contribution in [0.5, 0.6) is 5.75 Å². The predicted molar refractivity (Wildman–Crippen MR) is 51.1 cm³/mol. The highest BCUT2D eigenvalue weighted by Crippen LogP contribution is 2.26. The molecule has 0 fully saturated rings. The lowest BCUT2D eigenvalue weighted by atomic mass is 10.1. The minimum atomic E-state index is -0.711. The molecule has 0 saturated heterocycles. The van der Waals surface area contributed by atoms with Crippen molar-refractivity contribution < 1.29 is 14.3 Å². The van der Waals surface area contributed by atoms with Crippen LogP contribution in [0, 0.1) is 0 Å². The molecule has 0 aliphatic carbocycles. The SMILES string of the molecule is NC(=O)NC1NC(=O)Oc2ccccc21. The Hall–Kier alpha value is -2.24. The first-order chi connectivity index (χ1) is 7.16. The molecule has 1 unspecified atom stereocenters. The Morgan fingerprint density at radius 1 is 1.47 bits per heavy atom. The maximum Gasteiger partial charge on any atom is 0.414 e. The second-order valence-corrected chi connectivity index (χ2v) is 3.01. The molecule has 1 atom stereocenters. The van der Waals surface area contributed by atoms with Gasteiger partial charge in [0.25, 0.3) is 0 Å². The van der Waals surface area contributed by atoms with Crippen LogP contribution in [0.15, 0.2) is 24.3 Å². The fraction of sp³-hybridized carbons (Fsp3) is 0.111. The van der Waals surface area contributed by atoms with E-state index in [2.05, 4.69) is 10.6 Å². The highest BCUT2D eigenvalue weighted by Gasteiger charge is 2.25. The molecular weight excluding hydrogens is 198 g/mol. The van der Waals surface area contributed by atoms with Crippen LogP contribution in [0.1, 0.15) is 11.7 Å². The molecule has 4 N–H and O–H groups in total. The van der Waals surface area contributed by atoms with Crippen LogP contribution >= 0.6 is 0 Å². The van der Waals surface area contributed by atoms with Crippen molar-refractivity contribution in [1.29, 1.82) is 0 Å². The number of amides is 3. The first-order valence-electron chi connectivity index (χ1n) is 4.30. The number of carbonyl (C=O) groups is 2. The largest absolute Gasteiger partial charge is 0.414 e. The van der Waals surface area contributed by atoms with Crippen molar-refractivity contribution in [2.45, 2.75) is 6.17 Å². The van der Waals surface area contributed by atoms with Crippen molar-refractivity contribution >= 4 is 12.1 Å². The van der Waals surface area contributed by atoms with E-state index in [4.69, 9.17) is 10.5 Å². The topological polar surface area (TPSA) is 93.5 Å². The molecule has 0 saturated carbocycles. The summed E-state index contributed by atoms with van der Waals surface area (Å²) in [6.45, 7) is 0. The number of hydrogen-bond donors (Lipinski definition) is 3. The highest BCUT2D eigenvalue weighted by atomic mass is 16.6. The molecule has 0 bridgehead atoms. The van der Waals surface area contributed by atoms with Crippen LogP contribution in [-0.4, -0.2) is 12.1 Å². The first-order valence-corrected chi connectivity index (χ1v) is 4.30. The number of ether oxygens (including phenoxy) is 1.